The van der Waals surface area contributed by atoms with Crippen molar-refractivity contribution in [1.29, 1.82) is 0 Å². The molecule has 1 aliphatic rings. The van der Waals surface area contributed by atoms with E-state index in [2.05, 4.69) is 9.71 Å². The van der Waals surface area contributed by atoms with Crippen molar-refractivity contribution in [2.24, 2.45) is 0 Å². The first-order chi connectivity index (χ1) is 10.9. The SMILES string of the molecule is CCN(CC(=O)O)C1CC(NS(=O)(=O)c2ccc(OC)nc2)C1. The lowest BCUT2D eigenvalue weighted by Gasteiger charge is -2.42. The van der Waals surface area contributed by atoms with Gasteiger partial charge in [-0.05, 0) is 25.5 Å². The Labute approximate surface area is 135 Å². The summed E-state index contributed by atoms with van der Waals surface area (Å²) in [6.07, 6.45) is 2.45. The Morgan fingerprint density at radius 1 is 1.48 bits per heavy atom. The Bertz CT molecular complexity index is 641. The second-order valence-electron chi connectivity index (χ2n) is 5.44. The molecule has 2 rings (SSSR count). The number of ether oxygens (including phenoxy) is 1. The summed E-state index contributed by atoms with van der Waals surface area (Å²) in [6, 6.07) is 2.84. The lowest BCUT2D eigenvalue weighted by molar-refractivity contribution is -0.139. The molecule has 2 N–H and O–H groups in total. The number of pyridine rings is 1. The lowest BCUT2D eigenvalue weighted by atomic mass is 9.86. The number of carboxylic acid groups (broad SMARTS) is 1. The fraction of sp³-hybridized carbons (Fsp3) is 0.571. The summed E-state index contributed by atoms with van der Waals surface area (Å²) in [5, 5.41) is 8.86. The summed E-state index contributed by atoms with van der Waals surface area (Å²) in [5.41, 5.74) is 0. The molecule has 1 aromatic heterocycles. The molecule has 0 unspecified atom stereocenters. The molecule has 0 aromatic carbocycles. The first kappa shape index (κ1) is 17.6. The van der Waals surface area contributed by atoms with Crippen LogP contribution in [-0.4, -0.2) is 61.7 Å². The van der Waals surface area contributed by atoms with Gasteiger partial charge in [0, 0.05) is 18.2 Å². The number of sulfonamides is 1. The summed E-state index contributed by atoms with van der Waals surface area (Å²) in [6.45, 7) is 2.49. The number of hydrogen-bond acceptors (Lipinski definition) is 6. The molecule has 1 aliphatic carbocycles. The number of hydrogen-bond donors (Lipinski definition) is 2. The Kier molecular flexibility index (Phi) is 5.55. The standard InChI is InChI=1S/C14H21N3O5S/c1-3-17(9-14(18)19)11-6-10(7-11)16-23(20,21)12-4-5-13(22-2)15-8-12/h4-5,8,10-11,16H,3,6-7,9H2,1-2H3,(H,18,19). The Hall–Kier alpha value is -1.71. The van der Waals surface area contributed by atoms with E-state index < -0.39 is 16.0 Å². The van der Waals surface area contributed by atoms with Crippen LogP contribution in [0.15, 0.2) is 23.2 Å². The predicted octanol–water partition coefficient (Wildman–Crippen LogP) is 0.306. The van der Waals surface area contributed by atoms with Crippen LogP contribution in [0.4, 0.5) is 0 Å². The fourth-order valence-electron chi connectivity index (χ4n) is 2.59. The van der Waals surface area contributed by atoms with Crippen LogP contribution in [-0.2, 0) is 14.8 Å². The van der Waals surface area contributed by atoms with Crippen LogP contribution in [0.5, 0.6) is 5.88 Å². The molecule has 1 saturated carbocycles. The third kappa shape index (κ3) is 4.40. The van der Waals surface area contributed by atoms with Crippen molar-refractivity contribution in [2.45, 2.75) is 36.7 Å². The molecule has 0 aliphatic heterocycles. The largest absolute Gasteiger partial charge is 0.481 e. The highest BCUT2D eigenvalue weighted by molar-refractivity contribution is 7.89. The number of aliphatic carboxylic acids is 1. The topological polar surface area (TPSA) is 109 Å². The quantitative estimate of drug-likeness (QED) is 0.699. The van der Waals surface area contributed by atoms with Crippen molar-refractivity contribution >= 4 is 16.0 Å². The molecule has 128 valence electrons. The second kappa shape index (κ2) is 7.24. The van der Waals surface area contributed by atoms with E-state index in [1.807, 2.05) is 11.8 Å². The molecule has 8 nitrogen and oxygen atoms in total. The van der Waals surface area contributed by atoms with Crippen LogP contribution >= 0.6 is 0 Å². The zero-order valence-corrected chi connectivity index (χ0v) is 13.9. The van der Waals surface area contributed by atoms with E-state index in [1.165, 1.54) is 25.4 Å². The maximum Gasteiger partial charge on any atom is 0.317 e. The molecule has 1 fully saturated rings. The van der Waals surface area contributed by atoms with E-state index in [9.17, 15) is 13.2 Å². The number of carboxylic acids is 1. The molecule has 0 amide bonds. The van der Waals surface area contributed by atoms with Crippen molar-refractivity contribution in [3.05, 3.63) is 18.3 Å². The van der Waals surface area contributed by atoms with Crippen molar-refractivity contribution in [3.63, 3.8) is 0 Å². The van der Waals surface area contributed by atoms with Crippen molar-refractivity contribution < 1.29 is 23.1 Å². The van der Waals surface area contributed by atoms with E-state index in [-0.39, 0.29) is 23.5 Å². The van der Waals surface area contributed by atoms with Gasteiger partial charge in [0.05, 0.1) is 19.9 Å². The van der Waals surface area contributed by atoms with Gasteiger partial charge in [-0.15, -0.1) is 0 Å². The fourth-order valence-corrected chi connectivity index (χ4v) is 3.79. The van der Waals surface area contributed by atoms with Gasteiger partial charge in [-0.1, -0.05) is 6.92 Å². The van der Waals surface area contributed by atoms with Crippen LogP contribution in [0.3, 0.4) is 0 Å². The molecule has 0 saturated heterocycles. The molecule has 1 aromatic rings. The van der Waals surface area contributed by atoms with Gasteiger partial charge in [-0.2, -0.15) is 0 Å². The molecule has 23 heavy (non-hydrogen) atoms. The minimum Gasteiger partial charge on any atom is -0.481 e. The van der Waals surface area contributed by atoms with Gasteiger partial charge in [-0.25, -0.2) is 18.1 Å². The molecule has 0 spiro atoms. The Morgan fingerprint density at radius 3 is 2.65 bits per heavy atom. The van der Waals surface area contributed by atoms with E-state index in [4.69, 9.17) is 9.84 Å². The highest BCUT2D eigenvalue weighted by Gasteiger charge is 2.36. The van der Waals surface area contributed by atoms with Gasteiger partial charge in [0.15, 0.2) is 0 Å². The number of aromatic nitrogens is 1. The number of carbonyl (C=O) groups is 1. The van der Waals surface area contributed by atoms with Crippen LogP contribution in [0.25, 0.3) is 0 Å². The summed E-state index contributed by atoms with van der Waals surface area (Å²) in [4.78, 5) is 16.6. The summed E-state index contributed by atoms with van der Waals surface area (Å²) < 4.78 is 32.0. The molecular weight excluding hydrogens is 322 g/mol. The Morgan fingerprint density at radius 2 is 2.17 bits per heavy atom. The van der Waals surface area contributed by atoms with Gasteiger partial charge in [0.2, 0.25) is 15.9 Å². The highest BCUT2D eigenvalue weighted by atomic mass is 32.2. The molecule has 0 atom stereocenters. The number of nitrogens with one attached hydrogen (secondary N) is 1. The third-order valence-corrected chi connectivity index (χ3v) is 5.43. The van der Waals surface area contributed by atoms with Crippen molar-refractivity contribution in [1.82, 2.24) is 14.6 Å². The van der Waals surface area contributed by atoms with Crippen LogP contribution < -0.4 is 9.46 Å². The number of rotatable bonds is 8. The van der Waals surface area contributed by atoms with Crippen LogP contribution in [0.2, 0.25) is 0 Å². The number of likely N-dealkylation sites (N-methyl/N-ethyl adjacent to an activating group) is 1. The van der Waals surface area contributed by atoms with Crippen LogP contribution in [0.1, 0.15) is 19.8 Å². The van der Waals surface area contributed by atoms with Gasteiger partial charge in [0.1, 0.15) is 4.90 Å². The molecule has 0 radical (unpaired) electrons. The maximum absolute atomic E-state index is 12.3. The predicted molar refractivity (Wildman–Crippen MR) is 82.8 cm³/mol. The summed E-state index contributed by atoms with van der Waals surface area (Å²) in [7, 11) is -2.17. The zero-order chi connectivity index (χ0) is 17.0. The lowest BCUT2D eigenvalue weighted by Crippen LogP contribution is -2.54. The highest BCUT2D eigenvalue weighted by Crippen LogP contribution is 2.27. The van der Waals surface area contributed by atoms with E-state index >= 15 is 0 Å². The molecule has 0 bridgehead atoms. The average molecular weight is 343 g/mol. The molecule has 9 heteroatoms. The monoisotopic (exact) mass is 343 g/mol. The van der Waals surface area contributed by atoms with Gasteiger partial charge in [0.25, 0.3) is 0 Å². The first-order valence-corrected chi connectivity index (χ1v) is 8.82. The third-order valence-electron chi connectivity index (χ3n) is 3.92. The van der Waals surface area contributed by atoms with Gasteiger partial charge in [-0.3, -0.25) is 9.69 Å². The maximum atomic E-state index is 12.3. The normalized spacial score (nSPS) is 21.0. The number of nitrogens with zero attached hydrogens (tertiary/aromatic N) is 2. The molecule has 1 heterocycles. The van der Waals surface area contributed by atoms with E-state index in [0.717, 1.165) is 0 Å². The van der Waals surface area contributed by atoms with Crippen molar-refractivity contribution in [2.75, 3.05) is 20.2 Å². The second-order valence-corrected chi connectivity index (χ2v) is 7.15. The minimum atomic E-state index is -3.63. The average Bonchev–Trinajstić information content (AvgIpc) is 2.48. The summed E-state index contributed by atoms with van der Waals surface area (Å²) >= 11 is 0. The zero-order valence-electron chi connectivity index (χ0n) is 13.1. The van der Waals surface area contributed by atoms with E-state index in [0.29, 0.717) is 25.3 Å². The van der Waals surface area contributed by atoms with E-state index in [1.54, 1.807) is 0 Å². The van der Waals surface area contributed by atoms with Crippen molar-refractivity contribution in [3.8, 4) is 5.88 Å². The minimum absolute atomic E-state index is 0.0248. The van der Waals surface area contributed by atoms with Gasteiger partial charge >= 0.3 is 5.97 Å². The summed E-state index contributed by atoms with van der Waals surface area (Å²) in [5.74, 6) is -0.528. The van der Waals surface area contributed by atoms with Crippen LogP contribution in [0, 0.1) is 0 Å². The first-order valence-electron chi connectivity index (χ1n) is 7.34. The smallest absolute Gasteiger partial charge is 0.317 e. The Balaban J connectivity index is 1.91. The van der Waals surface area contributed by atoms with Gasteiger partial charge < -0.3 is 9.84 Å². The number of methoxy groups -OCH3 is 1. The molecular formula is C14H21N3O5S.